The Labute approximate surface area is 386 Å². The fourth-order valence-electron chi connectivity index (χ4n) is 11.2. The Bertz CT molecular complexity index is 3680. The van der Waals surface area contributed by atoms with Crippen LogP contribution in [0.5, 0.6) is 0 Å². The summed E-state index contributed by atoms with van der Waals surface area (Å²) in [5.74, 6) is -0.769. The first-order valence-corrected chi connectivity index (χ1v) is 22.7. The largest absolute Gasteiger partial charge is 0.438 e. The van der Waals surface area contributed by atoms with Gasteiger partial charge in [0.1, 0.15) is 28.6 Å². The molecule has 1 aliphatic carbocycles. The van der Waals surface area contributed by atoms with Gasteiger partial charge in [0.2, 0.25) is 0 Å². The second kappa shape index (κ2) is 14.5. The van der Waals surface area contributed by atoms with E-state index in [-0.39, 0.29) is 46.1 Å². The van der Waals surface area contributed by atoms with Gasteiger partial charge in [-0.25, -0.2) is 23.1 Å². The van der Waals surface area contributed by atoms with Crippen LogP contribution in [0.4, 0.5) is 14.6 Å². The van der Waals surface area contributed by atoms with E-state index in [2.05, 4.69) is 53.1 Å². The Hall–Kier alpha value is -7.60. The number of imidazole rings is 1. The van der Waals surface area contributed by atoms with Crippen molar-refractivity contribution < 1.29 is 22.8 Å². The van der Waals surface area contributed by atoms with Crippen molar-refractivity contribution in [1.29, 1.82) is 0 Å². The van der Waals surface area contributed by atoms with E-state index in [9.17, 15) is 9.59 Å². The van der Waals surface area contributed by atoms with Crippen LogP contribution in [-0.4, -0.2) is 66.5 Å². The SMILES string of the molecule is Cc1cc(-n2nc3c(c2-n2ccn(-c4ccc5c(cnn5C)c4F)c2=O)[C@H](C)N(C(=O)c2cc4cc([C@H]5CCOC(C)(C)C5)ccc4n2[C@@]2(c4noc(=O)[nH]4)C[C@@H]2C)c2[nH]ccc2-3)cc(C)c1F. The third kappa shape index (κ3) is 5.91. The number of hydrogen-bond acceptors (Lipinski definition) is 8. The zero-order chi connectivity index (χ0) is 47.3. The molecule has 16 nitrogen and oxygen atoms in total. The summed E-state index contributed by atoms with van der Waals surface area (Å²) in [6.45, 7) is 12.1. The number of fused-ring (bicyclic) bond motifs is 5. The second-order valence-electron chi connectivity index (χ2n) is 19.4. The molecule has 2 aliphatic heterocycles. The van der Waals surface area contributed by atoms with Gasteiger partial charge in [-0.3, -0.25) is 33.0 Å². The summed E-state index contributed by atoms with van der Waals surface area (Å²) < 4.78 is 50.4. The van der Waals surface area contributed by atoms with E-state index < -0.39 is 28.8 Å². The van der Waals surface area contributed by atoms with Gasteiger partial charge in [0.15, 0.2) is 17.5 Å². The Morgan fingerprint density at radius 3 is 2.40 bits per heavy atom. The van der Waals surface area contributed by atoms with E-state index in [1.54, 1.807) is 65.8 Å². The Balaban J connectivity index is 1.06. The smallest absolute Gasteiger partial charge is 0.376 e. The zero-order valence-electron chi connectivity index (χ0n) is 38.4. The van der Waals surface area contributed by atoms with E-state index in [4.69, 9.17) is 14.4 Å². The standard InChI is InChI=1S/C50H47F2N11O5/c1-25-18-32(19-26(2)40(25)51)63-44(60-16-15-59(48(60)66)37-11-10-36-34(41(37)52)24-54-58(36)7)39-28(4)61(43-33(12-14-53-43)42(39)56-63)45(64)38-21-31-20-29(30-13-17-67-49(5,6)23-30)8-9-35(31)62(38)50(22-27(50)3)46-55-47(65)68-57-46/h8-12,14-16,18-21,24,27-28,30,53H,13,17,22-23H2,1-7H3,(H,55,57,65)/t27-,28-,30-,50-/m0/s1. The van der Waals surface area contributed by atoms with Crippen LogP contribution >= 0.6 is 0 Å². The van der Waals surface area contributed by atoms with Crippen molar-refractivity contribution in [2.45, 2.75) is 83.9 Å². The molecule has 3 aromatic carbocycles. The number of benzene rings is 3. The first-order valence-electron chi connectivity index (χ1n) is 22.7. The van der Waals surface area contributed by atoms with Crippen molar-refractivity contribution in [3.63, 3.8) is 0 Å². The lowest BCUT2D eigenvalue weighted by atomic mass is 9.83. The highest BCUT2D eigenvalue weighted by atomic mass is 19.1. The Morgan fingerprint density at radius 1 is 0.926 bits per heavy atom. The molecule has 3 aliphatic rings. The molecule has 346 valence electrons. The van der Waals surface area contributed by atoms with Crippen LogP contribution in [0.15, 0.2) is 93.5 Å². The summed E-state index contributed by atoms with van der Waals surface area (Å²) in [7, 11) is 1.71. The van der Waals surface area contributed by atoms with E-state index in [0.717, 1.165) is 29.3 Å². The molecule has 0 unspecified atom stereocenters. The van der Waals surface area contributed by atoms with Crippen LogP contribution in [0.3, 0.4) is 0 Å². The minimum absolute atomic E-state index is 0.0219. The molecule has 12 rings (SSSR count). The fourth-order valence-corrected chi connectivity index (χ4v) is 11.2. The number of hydrogen-bond donors (Lipinski definition) is 2. The molecule has 0 bridgehead atoms. The number of aromatic amines is 2. The van der Waals surface area contributed by atoms with Gasteiger partial charge < -0.3 is 14.3 Å². The van der Waals surface area contributed by atoms with Crippen molar-refractivity contribution in [3.05, 3.63) is 146 Å². The molecule has 1 saturated carbocycles. The molecular formula is C50H47F2N11O5. The maximum Gasteiger partial charge on any atom is 0.438 e. The molecule has 18 heteroatoms. The maximum absolute atomic E-state index is 16.3. The number of H-pyrrole nitrogens is 2. The summed E-state index contributed by atoms with van der Waals surface area (Å²) in [6.07, 6.45) is 8.46. The summed E-state index contributed by atoms with van der Waals surface area (Å²) in [5.41, 5.74) is 3.88. The number of carbonyl (C=O) groups excluding carboxylic acids is 1. The number of aromatic nitrogens is 10. The van der Waals surface area contributed by atoms with Crippen molar-refractivity contribution in [1.82, 2.24) is 48.4 Å². The van der Waals surface area contributed by atoms with Crippen molar-refractivity contribution in [2.75, 3.05) is 11.5 Å². The molecule has 2 fully saturated rings. The monoisotopic (exact) mass is 919 g/mol. The highest BCUT2D eigenvalue weighted by Gasteiger charge is 2.59. The quantitative estimate of drug-likeness (QED) is 0.161. The summed E-state index contributed by atoms with van der Waals surface area (Å²) >= 11 is 0. The van der Waals surface area contributed by atoms with E-state index in [1.165, 1.54) is 27.6 Å². The maximum atomic E-state index is 16.3. The number of halogens is 2. The Morgan fingerprint density at radius 2 is 1.68 bits per heavy atom. The Kier molecular flexibility index (Phi) is 8.88. The van der Waals surface area contributed by atoms with Crippen LogP contribution < -0.4 is 16.3 Å². The molecule has 2 N–H and O–H groups in total. The number of ether oxygens (including phenoxy) is 1. The number of rotatable bonds is 7. The predicted molar refractivity (Wildman–Crippen MR) is 249 cm³/mol. The fraction of sp³-hybridized carbons (Fsp3) is 0.320. The third-order valence-electron chi connectivity index (χ3n) is 14.7. The number of nitrogens with zero attached hydrogens (tertiary/aromatic N) is 9. The molecule has 4 atom stereocenters. The normalized spacial score (nSPS) is 20.9. The first-order chi connectivity index (χ1) is 32.6. The van der Waals surface area contributed by atoms with Gasteiger partial charge in [0.25, 0.3) is 5.91 Å². The molecule has 1 amide bonds. The highest BCUT2D eigenvalue weighted by Crippen LogP contribution is 2.56. The minimum atomic E-state index is -0.914. The first kappa shape index (κ1) is 41.8. The lowest BCUT2D eigenvalue weighted by Gasteiger charge is -2.35. The average molecular weight is 920 g/mol. The van der Waals surface area contributed by atoms with Gasteiger partial charge in [0, 0.05) is 54.3 Å². The van der Waals surface area contributed by atoms with Gasteiger partial charge in [-0.1, -0.05) is 18.1 Å². The van der Waals surface area contributed by atoms with E-state index in [1.807, 2.05) is 29.7 Å². The van der Waals surface area contributed by atoms with Crippen molar-refractivity contribution in [2.24, 2.45) is 13.0 Å². The van der Waals surface area contributed by atoms with Gasteiger partial charge >= 0.3 is 11.4 Å². The number of amides is 1. The summed E-state index contributed by atoms with van der Waals surface area (Å²) in [6, 6.07) is 15.8. The average Bonchev–Trinajstić information content (AvgIpc) is 4.06. The lowest BCUT2D eigenvalue weighted by molar-refractivity contribution is -0.0592. The molecule has 68 heavy (non-hydrogen) atoms. The van der Waals surface area contributed by atoms with Crippen molar-refractivity contribution >= 4 is 33.5 Å². The van der Waals surface area contributed by atoms with Crippen molar-refractivity contribution in [3.8, 4) is 28.5 Å². The van der Waals surface area contributed by atoms with E-state index >= 15 is 13.6 Å². The summed E-state index contributed by atoms with van der Waals surface area (Å²) in [5, 5.41) is 14.7. The van der Waals surface area contributed by atoms with Crippen LogP contribution in [0.2, 0.25) is 0 Å². The predicted octanol–water partition coefficient (Wildman–Crippen LogP) is 8.40. The molecule has 8 heterocycles. The minimum Gasteiger partial charge on any atom is -0.376 e. The van der Waals surface area contributed by atoms with Crippen LogP contribution in [0.25, 0.3) is 50.3 Å². The number of carbonyl (C=O) groups is 1. The topological polar surface area (TPSA) is 172 Å². The number of anilines is 1. The molecular weight excluding hydrogens is 873 g/mol. The van der Waals surface area contributed by atoms with Gasteiger partial charge in [-0.05, 0) is 131 Å². The van der Waals surface area contributed by atoms with E-state index in [0.29, 0.717) is 69.5 Å². The molecule has 0 radical (unpaired) electrons. The molecule has 0 spiro atoms. The third-order valence-corrected chi connectivity index (χ3v) is 14.7. The van der Waals surface area contributed by atoms with Gasteiger partial charge in [0.05, 0.1) is 40.1 Å². The molecule has 1 saturated heterocycles. The van der Waals surface area contributed by atoms with Crippen LogP contribution in [0.1, 0.15) is 97.5 Å². The molecule has 6 aromatic heterocycles. The highest BCUT2D eigenvalue weighted by molar-refractivity contribution is 6.11. The lowest BCUT2D eigenvalue weighted by Crippen LogP contribution is -2.39. The summed E-state index contributed by atoms with van der Waals surface area (Å²) in [4.78, 5) is 51.2. The number of nitrogens with one attached hydrogen (secondary N) is 2. The van der Waals surface area contributed by atoms with Gasteiger partial charge in [-0.15, -0.1) is 0 Å². The number of aryl methyl sites for hydroxylation is 3. The van der Waals surface area contributed by atoms with Crippen LogP contribution in [-0.2, 0) is 17.3 Å². The van der Waals surface area contributed by atoms with Gasteiger partial charge in [-0.2, -0.15) is 10.2 Å². The molecule has 9 aromatic rings. The second-order valence-corrected chi connectivity index (χ2v) is 19.4. The van der Waals surface area contributed by atoms with Crippen LogP contribution in [0, 0.1) is 31.4 Å². The zero-order valence-corrected chi connectivity index (χ0v) is 38.4.